The van der Waals surface area contributed by atoms with Crippen LogP contribution in [0.1, 0.15) is 17.2 Å². The maximum absolute atomic E-state index is 6.11. The predicted octanol–water partition coefficient (Wildman–Crippen LogP) is 3.12. The van der Waals surface area contributed by atoms with Crippen molar-refractivity contribution in [3.8, 4) is 5.75 Å². The Hall–Kier alpha value is -1.84. The molecule has 3 heteroatoms. The van der Waals surface area contributed by atoms with Crippen LogP contribution in [0.5, 0.6) is 5.75 Å². The zero-order valence-electron chi connectivity index (χ0n) is 13.7. The van der Waals surface area contributed by atoms with E-state index in [9.17, 15) is 0 Å². The van der Waals surface area contributed by atoms with Gasteiger partial charge in [-0.3, -0.25) is 0 Å². The molecule has 0 aliphatic rings. The van der Waals surface area contributed by atoms with Crippen molar-refractivity contribution in [2.75, 3.05) is 27.7 Å². The summed E-state index contributed by atoms with van der Waals surface area (Å²) >= 11 is 0. The summed E-state index contributed by atoms with van der Waals surface area (Å²) in [5, 5.41) is 0. The van der Waals surface area contributed by atoms with Crippen molar-refractivity contribution in [3.05, 3.63) is 65.7 Å². The van der Waals surface area contributed by atoms with Crippen molar-refractivity contribution < 1.29 is 4.74 Å². The van der Waals surface area contributed by atoms with Gasteiger partial charge in [0.15, 0.2) is 0 Å². The third kappa shape index (κ3) is 4.09. The van der Waals surface area contributed by atoms with E-state index in [1.165, 1.54) is 11.1 Å². The quantitative estimate of drug-likeness (QED) is 0.853. The van der Waals surface area contributed by atoms with Crippen LogP contribution >= 0.6 is 0 Å². The normalized spacial score (nSPS) is 13.9. The monoisotopic (exact) mass is 298 g/mol. The summed E-state index contributed by atoms with van der Waals surface area (Å²) in [6, 6.07) is 19.1. The number of ether oxygens (including phenoxy) is 1. The molecule has 2 N–H and O–H groups in total. The second-order valence-electron chi connectivity index (χ2n) is 5.87. The fraction of sp³-hybridized carbons (Fsp3) is 0.368. The first-order valence-corrected chi connectivity index (χ1v) is 7.70. The van der Waals surface area contributed by atoms with Crippen LogP contribution in [0.3, 0.4) is 0 Å². The topological polar surface area (TPSA) is 38.5 Å². The number of benzene rings is 2. The SMILES string of the molecule is COc1cccc([C@H]([C@H](CN)Cc2ccccc2)N(C)C)c1. The van der Waals surface area contributed by atoms with Gasteiger partial charge in [0.05, 0.1) is 7.11 Å². The zero-order valence-corrected chi connectivity index (χ0v) is 13.7. The van der Waals surface area contributed by atoms with E-state index in [-0.39, 0.29) is 6.04 Å². The standard InChI is InChI=1S/C19H26N2O/c1-21(2)19(16-10-7-11-18(13-16)22-3)17(14-20)12-15-8-5-4-6-9-15/h4-11,13,17,19H,12,14,20H2,1-3H3/t17-,19+/m0/s1. The number of methoxy groups -OCH3 is 1. The minimum absolute atomic E-state index is 0.264. The summed E-state index contributed by atoms with van der Waals surface area (Å²) in [7, 11) is 5.92. The first-order chi connectivity index (χ1) is 10.7. The first kappa shape index (κ1) is 16.5. The Bertz CT molecular complexity index is 569. The van der Waals surface area contributed by atoms with Crippen molar-refractivity contribution in [1.82, 2.24) is 4.90 Å². The molecule has 0 radical (unpaired) electrons. The van der Waals surface area contributed by atoms with Gasteiger partial charge in [0.2, 0.25) is 0 Å². The Labute approximate surface area is 133 Å². The second kappa shape index (κ2) is 7.97. The third-order valence-electron chi connectivity index (χ3n) is 4.08. The van der Waals surface area contributed by atoms with Gasteiger partial charge in [-0.05, 0) is 56.2 Å². The molecule has 118 valence electrons. The molecule has 0 heterocycles. The molecule has 3 nitrogen and oxygen atoms in total. The maximum Gasteiger partial charge on any atom is 0.119 e. The molecule has 2 atom stereocenters. The molecule has 0 aliphatic heterocycles. The van der Waals surface area contributed by atoms with E-state index < -0.39 is 0 Å². The summed E-state index contributed by atoms with van der Waals surface area (Å²) in [5.74, 6) is 1.24. The highest BCUT2D eigenvalue weighted by atomic mass is 16.5. The van der Waals surface area contributed by atoms with Gasteiger partial charge in [-0.2, -0.15) is 0 Å². The van der Waals surface area contributed by atoms with Crippen molar-refractivity contribution in [2.24, 2.45) is 11.7 Å². The van der Waals surface area contributed by atoms with Gasteiger partial charge < -0.3 is 15.4 Å². The fourth-order valence-corrected chi connectivity index (χ4v) is 3.06. The van der Waals surface area contributed by atoms with Gasteiger partial charge in [0, 0.05) is 6.04 Å². The molecule has 2 rings (SSSR count). The molecule has 0 spiro atoms. The van der Waals surface area contributed by atoms with Crippen molar-refractivity contribution in [3.63, 3.8) is 0 Å². The summed E-state index contributed by atoms with van der Waals surface area (Å²) < 4.78 is 5.37. The summed E-state index contributed by atoms with van der Waals surface area (Å²) in [6.45, 7) is 0.648. The van der Waals surface area contributed by atoms with Gasteiger partial charge in [-0.15, -0.1) is 0 Å². The molecule has 0 saturated heterocycles. The highest BCUT2D eigenvalue weighted by Gasteiger charge is 2.24. The van der Waals surface area contributed by atoms with E-state index >= 15 is 0 Å². The van der Waals surface area contributed by atoms with Gasteiger partial charge in [-0.25, -0.2) is 0 Å². The molecule has 2 aromatic carbocycles. The van der Waals surface area contributed by atoms with Crippen molar-refractivity contribution >= 4 is 0 Å². The van der Waals surface area contributed by atoms with Crippen LogP contribution in [-0.4, -0.2) is 32.6 Å². The lowest BCUT2D eigenvalue weighted by atomic mass is 9.87. The van der Waals surface area contributed by atoms with Crippen LogP contribution in [0.25, 0.3) is 0 Å². The number of hydrogen-bond acceptors (Lipinski definition) is 3. The Morgan fingerprint density at radius 2 is 1.77 bits per heavy atom. The van der Waals surface area contributed by atoms with E-state index in [1.54, 1.807) is 7.11 Å². The molecule has 0 bridgehead atoms. The van der Waals surface area contributed by atoms with Gasteiger partial charge >= 0.3 is 0 Å². The average Bonchev–Trinajstić information content (AvgIpc) is 2.55. The van der Waals surface area contributed by atoms with Crippen LogP contribution in [0.2, 0.25) is 0 Å². The second-order valence-corrected chi connectivity index (χ2v) is 5.87. The predicted molar refractivity (Wildman–Crippen MR) is 92.1 cm³/mol. The summed E-state index contributed by atoms with van der Waals surface area (Å²) in [4.78, 5) is 2.25. The molecule has 0 saturated carbocycles. The van der Waals surface area contributed by atoms with E-state index in [1.807, 2.05) is 18.2 Å². The number of hydrogen-bond donors (Lipinski definition) is 1. The molecule has 0 aromatic heterocycles. The van der Waals surface area contributed by atoms with Gasteiger partial charge in [0.25, 0.3) is 0 Å². The molecule has 0 amide bonds. The smallest absolute Gasteiger partial charge is 0.119 e. The van der Waals surface area contributed by atoms with E-state index in [4.69, 9.17) is 10.5 Å². The minimum Gasteiger partial charge on any atom is -0.497 e. The van der Waals surface area contributed by atoms with Crippen LogP contribution in [0, 0.1) is 5.92 Å². The number of rotatable bonds is 7. The van der Waals surface area contributed by atoms with Crippen LogP contribution in [-0.2, 0) is 6.42 Å². The van der Waals surface area contributed by atoms with E-state index in [2.05, 4.69) is 55.4 Å². The lowest BCUT2D eigenvalue weighted by molar-refractivity contribution is 0.213. The Kier molecular flexibility index (Phi) is 5.99. The minimum atomic E-state index is 0.264. The molecule has 2 aromatic rings. The highest BCUT2D eigenvalue weighted by Crippen LogP contribution is 2.31. The van der Waals surface area contributed by atoms with E-state index in [0.29, 0.717) is 12.5 Å². The lowest BCUT2D eigenvalue weighted by Gasteiger charge is -2.32. The number of nitrogens with zero attached hydrogens (tertiary/aromatic N) is 1. The molecule has 0 unspecified atom stereocenters. The Morgan fingerprint density at radius 1 is 1.05 bits per heavy atom. The molecule has 0 fully saturated rings. The van der Waals surface area contributed by atoms with Crippen molar-refractivity contribution in [1.29, 1.82) is 0 Å². The molecule has 22 heavy (non-hydrogen) atoms. The molecular weight excluding hydrogens is 272 g/mol. The van der Waals surface area contributed by atoms with E-state index in [0.717, 1.165) is 12.2 Å². The van der Waals surface area contributed by atoms with Crippen LogP contribution in [0.15, 0.2) is 54.6 Å². The van der Waals surface area contributed by atoms with Gasteiger partial charge in [-0.1, -0.05) is 42.5 Å². The van der Waals surface area contributed by atoms with Crippen molar-refractivity contribution in [2.45, 2.75) is 12.5 Å². The summed E-state index contributed by atoms with van der Waals surface area (Å²) in [5.41, 5.74) is 8.68. The maximum atomic E-state index is 6.11. The van der Waals surface area contributed by atoms with Gasteiger partial charge in [0.1, 0.15) is 5.75 Å². The fourth-order valence-electron chi connectivity index (χ4n) is 3.06. The lowest BCUT2D eigenvalue weighted by Crippen LogP contribution is -2.33. The summed E-state index contributed by atoms with van der Waals surface area (Å²) in [6.07, 6.45) is 0.970. The largest absolute Gasteiger partial charge is 0.497 e. The Morgan fingerprint density at radius 3 is 2.36 bits per heavy atom. The first-order valence-electron chi connectivity index (χ1n) is 7.70. The Balaban J connectivity index is 2.27. The highest BCUT2D eigenvalue weighted by molar-refractivity contribution is 5.31. The van der Waals surface area contributed by atoms with Crippen LogP contribution in [0.4, 0.5) is 0 Å². The number of nitrogens with two attached hydrogens (primary N) is 1. The molecular formula is C19H26N2O. The average molecular weight is 298 g/mol. The van der Waals surface area contributed by atoms with Crippen LogP contribution < -0.4 is 10.5 Å². The zero-order chi connectivity index (χ0) is 15.9. The molecule has 0 aliphatic carbocycles. The third-order valence-corrected chi connectivity index (χ3v) is 4.08.